The number of benzene rings is 2. The maximum absolute atomic E-state index is 13.2. The number of hydrogen-bond donors (Lipinski definition) is 1. The van der Waals surface area contributed by atoms with Gasteiger partial charge in [0.2, 0.25) is 0 Å². The van der Waals surface area contributed by atoms with Crippen LogP contribution < -0.4 is 14.2 Å². The van der Waals surface area contributed by atoms with Crippen molar-refractivity contribution in [3.8, 4) is 17.2 Å². The Morgan fingerprint density at radius 2 is 1.85 bits per heavy atom. The number of aliphatic hydroxyl groups excluding tert-OH is 1. The molecule has 2 atom stereocenters. The fourth-order valence-electron chi connectivity index (χ4n) is 4.58. The summed E-state index contributed by atoms with van der Waals surface area (Å²) in [6.07, 6.45) is 1.30. The minimum absolute atomic E-state index is 0.0431. The van der Waals surface area contributed by atoms with Crippen molar-refractivity contribution in [3.05, 3.63) is 58.7 Å². The van der Waals surface area contributed by atoms with E-state index in [1.807, 2.05) is 13.0 Å². The molecule has 1 fully saturated rings. The minimum atomic E-state index is -0.778. The number of ether oxygens (including phenoxy) is 4. The van der Waals surface area contributed by atoms with Crippen molar-refractivity contribution in [1.29, 1.82) is 0 Å². The number of rotatable bonds is 8. The average Bonchev–Trinajstić information content (AvgIpc) is 3.34. The highest BCUT2D eigenvalue weighted by atomic mass is 16.5. The van der Waals surface area contributed by atoms with Gasteiger partial charge in [0.1, 0.15) is 17.6 Å². The van der Waals surface area contributed by atoms with E-state index in [1.54, 1.807) is 37.4 Å². The molecule has 8 nitrogen and oxygen atoms in total. The summed E-state index contributed by atoms with van der Waals surface area (Å²) >= 11 is 0. The Hall–Kier alpha value is -3.52. The standard InChI is InChI=1S/C26H29NO7/c1-15-12-18-13-17(7-8-19(18)34-15)24(28)22-23(16-6-9-20(32-3)21(14-16)33-4)27(10-5-11-31-2)26(30)25(22)29/h6-9,13-15,23,28H,5,10-12H2,1-4H3/t15-,23-/m1/s1. The molecular formula is C26H29NO7. The molecule has 2 aromatic rings. The van der Waals surface area contributed by atoms with Crippen LogP contribution in [0.15, 0.2) is 42.0 Å². The Morgan fingerprint density at radius 3 is 2.56 bits per heavy atom. The van der Waals surface area contributed by atoms with Crippen LogP contribution in [0.5, 0.6) is 17.2 Å². The zero-order valence-corrected chi connectivity index (χ0v) is 19.8. The summed E-state index contributed by atoms with van der Waals surface area (Å²) in [5.74, 6) is 0.159. The highest BCUT2D eigenvalue weighted by Crippen LogP contribution is 2.42. The second-order valence-electron chi connectivity index (χ2n) is 8.41. The first-order valence-corrected chi connectivity index (χ1v) is 11.2. The largest absolute Gasteiger partial charge is 0.507 e. The lowest BCUT2D eigenvalue weighted by atomic mass is 9.94. The van der Waals surface area contributed by atoms with Crippen LogP contribution in [0, 0.1) is 0 Å². The molecule has 0 spiro atoms. The number of Topliss-reactive ketones (excluding diaryl/α,β-unsaturated/α-hetero) is 1. The van der Waals surface area contributed by atoms with E-state index in [9.17, 15) is 14.7 Å². The summed E-state index contributed by atoms with van der Waals surface area (Å²) in [5.41, 5.74) is 2.10. The number of likely N-dealkylation sites (tertiary alicyclic amines) is 1. The van der Waals surface area contributed by atoms with Gasteiger partial charge in [-0.25, -0.2) is 0 Å². The summed E-state index contributed by atoms with van der Waals surface area (Å²) in [7, 11) is 4.63. The summed E-state index contributed by atoms with van der Waals surface area (Å²) in [4.78, 5) is 27.7. The number of hydrogen-bond acceptors (Lipinski definition) is 7. The van der Waals surface area contributed by atoms with E-state index in [-0.39, 0.29) is 17.4 Å². The van der Waals surface area contributed by atoms with Gasteiger partial charge in [-0.1, -0.05) is 6.07 Å². The van der Waals surface area contributed by atoms with Gasteiger partial charge in [-0.05, 0) is 54.8 Å². The SMILES string of the molecule is COCCCN1C(=O)C(=O)C(=C(O)c2ccc3c(c2)C[C@@H](C)O3)[C@H]1c1ccc(OC)c(OC)c1. The Labute approximate surface area is 198 Å². The fourth-order valence-corrected chi connectivity index (χ4v) is 4.58. The number of carbonyl (C=O) groups is 2. The first-order valence-electron chi connectivity index (χ1n) is 11.2. The van der Waals surface area contributed by atoms with Gasteiger partial charge in [0.15, 0.2) is 11.5 Å². The molecule has 0 aromatic heterocycles. The van der Waals surface area contributed by atoms with Crippen LogP contribution in [0.3, 0.4) is 0 Å². The van der Waals surface area contributed by atoms with Crippen LogP contribution >= 0.6 is 0 Å². The van der Waals surface area contributed by atoms with Gasteiger partial charge in [-0.15, -0.1) is 0 Å². The van der Waals surface area contributed by atoms with E-state index in [2.05, 4.69) is 0 Å². The highest BCUT2D eigenvalue weighted by molar-refractivity contribution is 6.46. The molecule has 2 aromatic carbocycles. The van der Waals surface area contributed by atoms with Gasteiger partial charge in [0, 0.05) is 32.2 Å². The molecule has 2 aliphatic heterocycles. The molecule has 0 aliphatic carbocycles. The predicted molar refractivity (Wildman–Crippen MR) is 125 cm³/mol. The monoisotopic (exact) mass is 467 g/mol. The van der Waals surface area contributed by atoms with Gasteiger partial charge >= 0.3 is 0 Å². The zero-order chi connectivity index (χ0) is 24.4. The number of methoxy groups -OCH3 is 3. The first-order chi connectivity index (χ1) is 16.4. The van der Waals surface area contributed by atoms with E-state index in [0.717, 1.165) is 11.3 Å². The number of aliphatic hydroxyl groups is 1. The van der Waals surface area contributed by atoms with Crippen LogP contribution in [-0.4, -0.2) is 62.3 Å². The van der Waals surface area contributed by atoms with Gasteiger partial charge in [-0.3, -0.25) is 9.59 Å². The molecule has 0 saturated carbocycles. The summed E-state index contributed by atoms with van der Waals surface area (Å²) < 4.78 is 21.7. The third kappa shape index (κ3) is 4.21. The van der Waals surface area contributed by atoms with Gasteiger partial charge in [-0.2, -0.15) is 0 Å². The van der Waals surface area contributed by atoms with E-state index >= 15 is 0 Å². The van der Waals surface area contributed by atoms with Crippen LogP contribution in [0.4, 0.5) is 0 Å². The van der Waals surface area contributed by atoms with Crippen molar-refractivity contribution in [1.82, 2.24) is 4.90 Å². The Bertz CT molecular complexity index is 1140. The van der Waals surface area contributed by atoms with Crippen molar-refractivity contribution < 1.29 is 33.6 Å². The predicted octanol–water partition coefficient (Wildman–Crippen LogP) is 3.49. The first kappa shape index (κ1) is 23.6. The van der Waals surface area contributed by atoms with E-state index in [1.165, 1.54) is 19.1 Å². The molecule has 1 amide bonds. The Balaban J connectivity index is 1.83. The maximum Gasteiger partial charge on any atom is 0.295 e. The lowest BCUT2D eigenvalue weighted by molar-refractivity contribution is -0.140. The third-order valence-electron chi connectivity index (χ3n) is 6.18. The topological polar surface area (TPSA) is 94.5 Å². The molecule has 0 bridgehead atoms. The number of fused-ring (bicyclic) bond motifs is 1. The number of amides is 1. The molecule has 180 valence electrons. The van der Waals surface area contributed by atoms with Crippen molar-refractivity contribution in [3.63, 3.8) is 0 Å². The van der Waals surface area contributed by atoms with Crippen LogP contribution in [0.25, 0.3) is 5.76 Å². The quantitative estimate of drug-likeness (QED) is 0.275. The highest BCUT2D eigenvalue weighted by Gasteiger charge is 2.46. The fraction of sp³-hybridized carbons (Fsp3) is 0.385. The molecule has 1 N–H and O–H groups in total. The molecule has 2 aliphatic rings. The molecule has 2 heterocycles. The van der Waals surface area contributed by atoms with E-state index < -0.39 is 17.7 Å². The van der Waals surface area contributed by atoms with Gasteiger partial charge < -0.3 is 29.0 Å². The smallest absolute Gasteiger partial charge is 0.295 e. The second kappa shape index (κ2) is 9.77. The third-order valence-corrected chi connectivity index (χ3v) is 6.18. The summed E-state index contributed by atoms with van der Waals surface area (Å²) in [6.45, 7) is 2.70. The average molecular weight is 468 g/mol. The lowest BCUT2D eigenvalue weighted by Crippen LogP contribution is -2.31. The minimum Gasteiger partial charge on any atom is -0.507 e. The lowest BCUT2D eigenvalue weighted by Gasteiger charge is -2.26. The van der Waals surface area contributed by atoms with E-state index in [4.69, 9.17) is 18.9 Å². The van der Waals surface area contributed by atoms with Crippen molar-refractivity contribution in [2.75, 3.05) is 34.5 Å². The van der Waals surface area contributed by atoms with Crippen LogP contribution in [0.2, 0.25) is 0 Å². The van der Waals surface area contributed by atoms with Crippen LogP contribution in [-0.2, 0) is 20.7 Å². The van der Waals surface area contributed by atoms with E-state index in [0.29, 0.717) is 48.6 Å². The molecule has 34 heavy (non-hydrogen) atoms. The summed E-state index contributed by atoms with van der Waals surface area (Å²) in [6, 6.07) is 9.75. The molecule has 0 radical (unpaired) electrons. The van der Waals surface area contributed by atoms with Gasteiger partial charge in [0.05, 0.1) is 25.8 Å². The molecule has 1 saturated heterocycles. The summed E-state index contributed by atoms with van der Waals surface area (Å²) in [5, 5.41) is 11.3. The molecule has 4 rings (SSSR count). The van der Waals surface area contributed by atoms with Gasteiger partial charge in [0.25, 0.3) is 11.7 Å². The normalized spacial score (nSPS) is 20.9. The zero-order valence-electron chi connectivity index (χ0n) is 19.8. The maximum atomic E-state index is 13.2. The number of nitrogens with zero attached hydrogens (tertiary/aromatic N) is 1. The Kier molecular flexibility index (Phi) is 6.79. The van der Waals surface area contributed by atoms with Crippen molar-refractivity contribution in [2.45, 2.75) is 31.9 Å². The molecule has 8 heteroatoms. The van der Waals surface area contributed by atoms with Crippen molar-refractivity contribution >= 4 is 17.4 Å². The second-order valence-corrected chi connectivity index (χ2v) is 8.41. The Morgan fingerprint density at radius 1 is 1.09 bits per heavy atom. The molecular weight excluding hydrogens is 438 g/mol. The number of carbonyl (C=O) groups excluding carboxylic acids is 2. The number of ketones is 1. The molecule has 0 unspecified atom stereocenters. The van der Waals surface area contributed by atoms with Crippen molar-refractivity contribution in [2.24, 2.45) is 0 Å². The van der Waals surface area contributed by atoms with Crippen LogP contribution in [0.1, 0.15) is 36.1 Å².